The summed E-state index contributed by atoms with van der Waals surface area (Å²) in [5, 5.41) is 6.89. The number of hydrogen-bond donors (Lipinski definition) is 2. The first kappa shape index (κ1) is 20.5. The van der Waals surface area contributed by atoms with Crippen molar-refractivity contribution in [1.82, 2.24) is 24.1 Å². The van der Waals surface area contributed by atoms with E-state index in [1.807, 2.05) is 39.4 Å². The Morgan fingerprint density at radius 1 is 1.23 bits per heavy atom. The molecular weight excluding hydrogens is 405 g/mol. The van der Waals surface area contributed by atoms with E-state index in [2.05, 4.69) is 15.0 Å². The van der Waals surface area contributed by atoms with Crippen molar-refractivity contribution in [1.29, 1.82) is 0 Å². The molecule has 11 heteroatoms. The first-order valence-electron chi connectivity index (χ1n) is 9.74. The fourth-order valence-electron chi connectivity index (χ4n) is 4.51. The Bertz CT molecular complexity index is 1180. The molecule has 0 amide bonds. The third kappa shape index (κ3) is 3.62. The topological polar surface area (TPSA) is 132 Å². The van der Waals surface area contributed by atoms with Crippen LogP contribution in [-0.2, 0) is 18.4 Å². The zero-order valence-corrected chi connectivity index (χ0v) is 16.8. The number of nitrogen functional groups attached to an aromatic ring is 1. The number of carbonyl (C=O) groups is 1. The van der Waals surface area contributed by atoms with Gasteiger partial charge < -0.3 is 24.9 Å². The van der Waals surface area contributed by atoms with Crippen molar-refractivity contribution in [3.63, 3.8) is 0 Å². The summed E-state index contributed by atoms with van der Waals surface area (Å²) in [6.07, 6.45) is 5.77. The maximum atomic E-state index is 14.4. The summed E-state index contributed by atoms with van der Waals surface area (Å²) < 4.78 is 18.1. The number of halogens is 1. The summed E-state index contributed by atoms with van der Waals surface area (Å²) in [5.74, 6) is 0.545. The van der Waals surface area contributed by atoms with Crippen molar-refractivity contribution in [3.8, 4) is 11.4 Å². The Hall–Kier alpha value is -3.76. The molecule has 3 aromatic rings. The summed E-state index contributed by atoms with van der Waals surface area (Å²) in [7, 11) is 1.88. The average Bonchev–Trinajstić information content (AvgIpc) is 3.17. The molecule has 1 saturated heterocycles. The first-order valence-corrected chi connectivity index (χ1v) is 9.74. The number of nitrogens with two attached hydrogens (primary N) is 1. The van der Waals surface area contributed by atoms with Gasteiger partial charge in [0.15, 0.2) is 11.6 Å². The second kappa shape index (κ2) is 8.17. The Morgan fingerprint density at radius 3 is 2.71 bits per heavy atom. The number of aryl methyl sites for hydroxylation is 1. The maximum absolute atomic E-state index is 14.4. The van der Waals surface area contributed by atoms with E-state index < -0.39 is 5.82 Å². The monoisotopic (exact) mass is 427 g/mol. The van der Waals surface area contributed by atoms with Crippen molar-refractivity contribution >= 4 is 18.1 Å². The molecule has 2 bridgehead atoms. The Balaban J connectivity index is 0.000000730. The van der Waals surface area contributed by atoms with E-state index in [0.717, 1.165) is 12.1 Å². The molecule has 2 atom stereocenters. The number of pyridine rings is 1. The molecule has 0 radical (unpaired) electrons. The minimum absolute atomic E-state index is 0.0209. The lowest BCUT2D eigenvalue weighted by atomic mass is 9.83. The number of aromatic nitrogens is 5. The summed E-state index contributed by atoms with van der Waals surface area (Å²) >= 11 is 0. The highest BCUT2D eigenvalue weighted by Gasteiger charge is 2.36. The van der Waals surface area contributed by atoms with Gasteiger partial charge in [0.25, 0.3) is 12.0 Å². The van der Waals surface area contributed by atoms with E-state index in [-0.39, 0.29) is 35.5 Å². The van der Waals surface area contributed by atoms with Gasteiger partial charge in [0.05, 0.1) is 5.56 Å². The summed E-state index contributed by atoms with van der Waals surface area (Å²) in [6.45, 7) is 1.56. The first-order chi connectivity index (χ1) is 14.9. The number of fused-ring (bicyclic) bond motifs is 4. The molecule has 31 heavy (non-hydrogen) atoms. The molecule has 162 valence electrons. The van der Waals surface area contributed by atoms with Gasteiger partial charge >= 0.3 is 0 Å². The van der Waals surface area contributed by atoms with Crippen molar-refractivity contribution in [2.45, 2.75) is 18.9 Å². The zero-order valence-electron chi connectivity index (χ0n) is 16.8. The number of rotatable bonds is 2. The predicted octanol–water partition coefficient (Wildman–Crippen LogP) is 1.08. The molecule has 3 aromatic heterocycles. The van der Waals surface area contributed by atoms with Crippen LogP contribution in [0, 0.1) is 11.7 Å². The van der Waals surface area contributed by atoms with Crippen molar-refractivity contribution in [2.75, 3.05) is 23.7 Å². The molecule has 3 N–H and O–H groups in total. The van der Waals surface area contributed by atoms with Gasteiger partial charge in [-0.2, -0.15) is 4.39 Å². The number of piperidine rings is 1. The highest BCUT2D eigenvalue weighted by molar-refractivity contribution is 5.55. The van der Waals surface area contributed by atoms with Crippen LogP contribution in [0.1, 0.15) is 18.0 Å². The molecule has 2 aliphatic heterocycles. The van der Waals surface area contributed by atoms with E-state index in [0.29, 0.717) is 31.0 Å². The SMILES string of the molecule is Cn1ccnc1-c1ccc2n(c1=O)C[C@H]1C[C@@H]2CN(c2ncnc(N)c2F)C1.O=CO. The summed E-state index contributed by atoms with van der Waals surface area (Å²) in [6, 6.07) is 3.85. The second-order valence-corrected chi connectivity index (χ2v) is 7.65. The van der Waals surface area contributed by atoms with Gasteiger partial charge in [0.2, 0.25) is 5.82 Å². The van der Waals surface area contributed by atoms with Crippen LogP contribution in [0.4, 0.5) is 16.0 Å². The number of hydrogen-bond acceptors (Lipinski definition) is 7. The van der Waals surface area contributed by atoms with Crippen molar-refractivity contribution in [2.24, 2.45) is 13.0 Å². The minimum atomic E-state index is -0.579. The van der Waals surface area contributed by atoms with Gasteiger partial charge in [0.1, 0.15) is 12.2 Å². The fraction of sp³-hybridized carbons (Fsp3) is 0.350. The number of carboxylic acid groups (broad SMARTS) is 1. The second-order valence-electron chi connectivity index (χ2n) is 7.65. The zero-order chi connectivity index (χ0) is 22.1. The average molecular weight is 427 g/mol. The number of anilines is 2. The van der Waals surface area contributed by atoms with E-state index in [4.69, 9.17) is 15.6 Å². The van der Waals surface area contributed by atoms with Crippen LogP contribution in [0.5, 0.6) is 0 Å². The molecule has 10 nitrogen and oxygen atoms in total. The lowest BCUT2D eigenvalue weighted by molar-refractivity contribution is -0.122. The normalized spacial score (nSPS) is 19.2. The van der Waals surface area contributed by atoms with Gasteiger partial charge in [0, 0.05) is 50.7 Å². The van der Waals surface area contributed by atoms with Crippen molar-refractivity contribution < 1.29 is 14.3 Å². The lowest BCUT2D eigenvalue weighted by Crippen LogP contribution is -2.48. The van der Waals surface area contributed by atoms with Crippen LogP contribution in [-0.4, -0.2) is 48.8 Å². The van der Waals surface area contributed by atoms with Crippen LogP contribution in [0.2, 0.25) is 0 Å². The highest BCUT2D eigenvalue weighted by Crippen LogP contribution is 2.37. The third-order valence-electron chi connectivity index (χ3n) is 5.76. The highest BCUT2D eigenvalue weighted by atomic mass is 19.1. The van der Waals surface area contributed by atoms with E-state index >= 15 is 0 Å². The standard InChI is InChI=1S/C19H20FN7O.CH2O2/c1-25-5-4-22-17(25)13-2-3-14-12-6-11(8-27(14)19(13)28)7-26(9-12)18-15(20)16(21)23-10-24-18;2-1-3/h2-5,10-12H,6-9H2,1H3,(H2,21,23,24);1H,(H,2,3)/t11-,12+;/m0./s1. The van der Waals surface area contributed by atoms with Crippen molar-refractivity contribution in [3.05, 3.63) is 52.7 Å². The molecule has 0 unspecified atom stereocenters. The molecule has 0 aromatic carbocycles. The van der Waals surface area contributed by atoms with Crippen LogP contribution in [0.3, 0.4) is 0 Å². The molecule has 5 rings (SSSR count). The smallest absolute Gasteiger partial charge is 0.290 e. The van der Waals surface area contributed by atoms with Crippen LogP contribution < -0.4 is 16.2 Å². The predicted molar refractivity (Wildman–Crippen MR) is 111 cm³/mol. The quantitative estimate of drug-likeness (QED) is 0.581. The van der Waals surface area contributed by atoms with Crippen LogP contribution in [0.25, 0.3) is 11.4 Å². The Morgan fingerprint density at radius 2 is 2.00 bits per heavy atom. The van der Waals surface area contributed by atoms with E-state index in [1.54, 1.807) is 6.20 Å². The van der Waals surface area contributed by atoms with Gasteiger partial charge in [-0.3, -0.25) is 9.59 Å². The molecular formula is C20H22FN7O3. The molecule has 5 heterocycles. The fourth-order valence-corrected chi connectivity index (χ4v) is 4.51. The molecule has 0 aliphatic carbocycles. The van der Waals surface area contributed by atoms with Crippen LogP contribution >= 0.6 is 0 Å². The van der Waals surface area contributed by atoms with Gasteiger partial charge in [-0.15, -0.1) is 0 Å². The maximum Gasteiger partial charge on any atom is 0.290 e. The van der Waals surface area contributed by atoms with Crippen LogP contribution in [0.15, 0.2) is 35.6 Å². The van der Waals surface area contributed by atoms with Gasteiger partial charge in [-0.1, -0.05) is 0 Å². The third-order valence-corrected chi connectivity index (χ3v) is 5.76. The Labute approximate surface area is 176 Å². The largest absolute Gasteiger partial charge is 0.483 e. The number of imidazole rings is 1. The summed E-state index contributed by atoms with van der Waals surface area (Å²) in [4.78, 5) is 35.5. The lowest BCUT2D eigenvalue weighted by Gasteiger charge is -2.43. The molecule has 1 fully saturated rings. The van der Waals surface area contributed by atoms with E-state index in [9.17, 15) is 9.18 Å². The van der Waals surface area contributed by atoms with Gasteiger partial charge in [-0.05, 0) is 24.5 Å². The molecule has 0 saturated carbocycles. The molecule has 2 aliphatic rings. The Kier molecular flexibility index (Phi) is 5.40. The molecule has 0 spiro atoms. The summed E-state index contributed by atoms with van der Waals surface area (Å²) in [5.41, 5.74) is 7.17. The van der Waals surface area contributed by atoms with Gasteiger partial charge in [-0.25, -0.2) is 15.0 Å². The minimum Gasteiger partial charge on any atom is -0.483 e. The van der Waals surface area contributed by atoms with E-state index in [1.165, 1.54) is 6.33 Å². The number of nitrogens with zero attached hydrogens (tertiary/aromatic N) is 6.